The smallest absolute Gasteiger partial charge is 0.120 e. The van der Waals surface area contributed by atoms with E-state index in [0.29, 0.717) is 5.75 Å². The molecule has 0 aromatic heterocycles. The SMILES string of the molecule is C=Cc1ccccc1CN(C)Cc1ccccc1O. The van der Waals surface area contributed by atoms with Crippen molar-refractivity contribution in [3.63, 3.8) is 0 Å². The molecule has 0 atom stereocenters. The maximum absolute atomic E-state index is 9.78. The van der Waals surface area contributed by atoms with Crippen LogP contribution in [0.1, 0.15) is 16.7 Å². The second-order valence-corrected chi connectivity index (χ2v) is 4.70. The maximum atomic E-state index is 9.78. The van der Waals surface area contributed by atoms with Gasteiger partial charge >= 0.3 is 0 Å². The molecule has 1 N–H and O–H groups in total. The Morgan fingerprint density at radius 1 is 1.00 bits per heavy atom. The van der Waals surface area contributed by atoms with Crippen LogP contribution in [0.2, 0.25) is 0 Å². The molecule has 2 aromatic carbocycles. The Morgan fingerprint density at radius 3 is 2.26 bits per heavy atom. The van der Waals surface area contributed by atoms with Crippen LogP contribution in [0.15, 0.2) is 55.1 Å². The van der Waals surface area contributed by atoms with Gasteiger partial charge in [0.25, 0.3) is 0 Å². The third-order valence-electron chi connectivity index (χ3n) is 3.15. The summed E-state index contributed by atoms with van der Waals surface area (Å²) in [6.07, 6.45) is 1.88. The van der Waals surface area contributed by atoms with Gasteiger partial charge in [0.05, 0.1) is 0 Å². The lowest BCUT2D eigenvalue weighted by Crippen LogP contribution is -2.17. The molecule has 0 amide bonds. The second kappa shape index (κ2) is 6.21. The number of phenolic OH excluding ortho intramolecular Hbond substituents is 1. The number of nitrogens with zero attached hydrogens (tertiary/aromatic N) is 1. The average Bonchev–Trinajstić information content (AvgIpc) is 2.42. The van der Waals surface area contributed by atoms with Gasteiger partial charge in [0, 0.05) is 18.7 Å². The summed E-state index contributed by atoms with van der Waals surface area (Å²) in [6.45, 7) is 5.39. The molecule has 0 saturated heterocycles. The molecule has 0 radical (unpaired) electrons. The number of hydrogen-bond donors (Lipinski definition) is 1. The van der Waals surface area contributed by atoms with Crippen LogP contribution in [0.3, 0.4) is 0 Å². The molecule has 0 heterocycles. The average molecular weight is 253 g/mol. The molecule has 0 fully saturated rings. The van der Waals surface area contributed by atoms with Crippen molar-refractivity contribution in [2.24, 2.45) is 0 Å². The van der Waals surface area contributed by atoms with Crippen LogP contribution in [0.25, 0.3) is 6.08 Å². The highest BCUT2D eigenvalue weighted by molar-refractivity contribution is 5.51. The summed E-state index contributed by atoms with van der Waals surface area (Å²) in [5, 5.41) is 9.78. The fraction of sp³-hybridized carbons (Fsp3) is 0.176. The van der Waals surface area contributed by atoms with Crippen LogP contribution in [-0.2, 0) is 13.1 Å². The van der Waals surface area contributed by atoms with E-state index in [2.05, 4.69) is 23.6 Å². The maximum Gasteiger partial charge on any atom is 0.120 e. The zero-order valence-electron chi connectivity index (χ0n) is 11.2. The zero-order valence-corrected chi connectivity index (χ0v) is 11.2. The minimum absolute atomic E-state index is 0.353. The van der Waals surface area contributed by atoms with E-state index in [1.54, 1.807) is 6.07 Å². The van der Waals surface area contributed by atoms with E-state index in [1.165, 1.54) is 5.56 Å². The molecule has 0 unspecified atom stereocenters. The van der Waals surface area contributed by atoms with Crippen LogP contribution >= 0.6 is 0 Å². The number of aromatic hydroxyl groups is 1. The van der Waals surface area contributed by atoms with Crippen molar-refractivity contribution >= 4 is 6.08 Å². The molecule has 2 aromatic rings. The van der Waals surface area contributed by atoms with Gasteiger partial charge in [-0.3, -0.25) is 4.90 Å². The van der Waals surface area contributed by atoms with E-state index in [-0.39, 0.29) is 0 Å². The fourth-order valence-electron chi connectivity index (χ4n) is 2.16. The van der Waals surface area contributed by atoms with Gasteiger partial charge in [-0.1, -0.05) is 55.1 Å². The summed E-state index contributed by atoms with van der Waals surface area (Å²) in [6, 6.07) is 15.7. The minimum atomic E-state index is 0.353. The standard InChI is InChI=1S/C17H19NO/c1-3-14-8-4-5-9-15(14)12-18(2)13-16-10-6-7-11-17(16)19/h3-11,19H,1,12-13H2,2H3. The molecule has 0 saturated carbocycles. The monoisotopic (exact) mass is 253 g/mol. The predicted molar refractivity (Wildman–Crippen MR) is 79.8 cm³/mol. The van der Waals surface area contributed by atoms with Gasteiger partial charge in [-0.25, -0.2) is 0 Å². The highest BCUT2D eigenvalue weighted by atomic mass is 16.3. The summed E-state index contributed by atoms with van der Waals surface area (Å²) in [5.41, 5.74) is 3.35. The topological polar surface area (TPSA) is 23.5 Å². The van der Waals surface area contributed by atoms with Crippen molar-refractivity contribution in [2.45, 2.75) is 13.1 Å². The zero-order chi connectivity index (χ0) is 13.7. The van der Waals surface area contributed by atoms with Crippen LogP contribution in [0, 0.1) is 0 Å². The van der Waals surface area contributed by atoms with Crippen LogP contribution in [0.5, 0.6) is 5.75 Å². The first-order chi connectivity index (χ1) is 9.20. The molecule has 19 heavy (non-hydrogen) atoms. The molecular weight excluding hydrogens is 234 g/mol. The molecule has 2 rings (SSSR count). The molecule has 0 spiro atoms. The molecule has 0 bridgehead atoms. The highest BCUT2D eigenvalue weighted by Gasteiger charge is 2.06. The molecule has 0 aliphatic heterocycles. The third-order valence-corrected chi connectivity index (χ3v) is 3.15. The van der Waals surface area contributed by atoms with E-state index < -0.39 is 0 Å². The molecule has 0 aliphatic carbocycles. The van der Waals surface area contributed by atoms with E-state index in [0.717, 1.165) is 24.2 Å². The number of hydrogen-bond acceptors (Lipinski definition) is 2. The lowest BCUT2D eigenvalue weighted by atomic mass is 10.1. The molecular formula is C17H19NO. The Hall–Kier alpha value is -2.06. The van der Waals surface area contributed by atoms with Crippen molar-refractivity contribution in [3.05, 3.63) is 71.8 Å². The van der Waals surface area contributed by atoms with E-state index >= 15 is 0 Å². The number of phenols is 1. The first-order valence-electron chi connectivity index (χ1n) is 6.36. The highest BCUT2D eigenvalue weighted by Crippen LogP contribution is 2.19. The third kappa shape index (κ3) is 3.46. The quantitative estimate of drug-likeness (QED) is 0.879. The summed E-state index contributed by atoms with van der Waals surface area (Å²) in [4.78, 5) is 2.18. The van der Waals surface area contributed by atoms with Crippen LogP contribution < -0.4 is 0 Å². The Bertz CT molecular complexity index is 563. The largest absolute Gasteiger partial charge is 0.508 e. The Labute approximate surface area is 114 Å². The van der Waals surface area contributed by atoms with Crippen molar-refractivity contribution in [2.75, 3.05) is 7.05 Å². The van der Waals surface area contributed by atoms with E-state index in [4.69, 9.17) is 0 Å². The minimum Gasteiger partial charge on any atom is -0.508 e. The Balaban J connectivity index is 2.07. The lowest BCUT2D eigenvalue weighted by Gasteiger charge is -2.18. The van der Waals surface area contributed by atoms with Crippen molar-refractivity contribution in [1.29, 1.82) is 0 Å². The van der Waals surface area contributed by atoms with Crippen molar-refractivity contribution < 1.29 is 5.11 Å². The Morgan fingerprint density at radius 2 is 1.58 bits per heavy atom. The predicted octanol–water partition coefficient (Wildman–Crippen LogP) is 3.67. The molecule has 0 aliphatic rings. The molecule has 2 heteroatoms. The van der Waals surface area contributed by atoms with Gasteiger partial charge in [0.2, 0.25) is 0 Å². The summed E-state index contributed by atoms with van der Waals surface area (Å²) in [7, 11) is 2.05. The molecule has 2 nitrogen and oxygen atoms in total. The first-order valence-corrected chi connectivity index (χ1v) is 6.36. The van der Waals surface area contributed by atoms with Crippen molar-refractivity contribution in [3.8, 4) is 5.75 Å². The molecule has 98 valence electrons. The van der Waals surface area contributed by atoms with Gasteiger partial charge in [-0.15, -0.1) is 0 Å². The second-order valence-electron chi connectivity index (χ2n) is 4.70. The van der Waals surface area contributed by atoms with Gasteiger partial charge in [-0.2, -0.15) is 0 Å². The van der Waals surface area contributed by atoms with E-state index in [1.807, 2.05) is 43.5 Å². The van der Waals surface area contributed by atoms with Gasteiger partial charge in [-0.05, 0) is 24.2 Å². The lowest BCUT2D eigenvalue weighted by molar-refractivity contribution is 0.312. The van der Waals surface area contributed by atoms with Gasteiger partial charge < -0.3 is 5.11 Å². The van der Waals surface area contributed by atoms with Gasteiger partial charge in [0.15, 0.2) is 0 Å². The normalized spacial score (nSPS) is 10.6. The van der Waals surface area contributed by atoms with Crippen LogP contribution in [-0.4, -0.2) is 17.1 Å². The summed E-state index contributed by atoms with van der Waals surface area (Å²) >= 11 is 0. The number of rotatable bonds is 5. The van der Waals surface area contributed by atoms with Crippen LogP contribution in [0.4, 0.5) is 0 Å². The number of para-hydroxylation sites is 1. The fourth-order valence-corrected chi connectivity index (χ4v) is 2.16. The van der Waals surface area contributed by atoms with E-state index in [9.17, 15) is 5.11 Å². The van der Waals surface area contributed by atoms with Crippen molar-refractivity contribution in [1.82, 2.24) is 4.90 Å². The summed E-state index contributed by atoms with van der Waals surface area (Å²) in [5.74, 6) is 0.353. The summed E-state index contributed by atoms with van der Waals surface area (Å²) < 4.78 is 0. The first kappa shape index (κ1) is 13.4. The number of benzene rings is 2. The van der Waals surface area contributed by atoms with Gasteiger partial charge in [0.1, 0.15) is 5.75 Å². The Kier molecular flexibility index (Phi) is 4.37.